The molecule has 1 aliphatic heterocycles. The molecule has 1 aromatic rings. The number of nitrogens with one attached hydrogen (secondary N) is 2. The Hall–Kier alpha value is -2.14. The number of amides is 1. The number of anilines is 1. The molecule has 0 aliphatic carbocycles. The van der Waals surface area contributed by atoms with Crippen molar-refractivity contribution < 1.29 is 13.2 Å². The molecule has 2 rings (SSSR count). The second-order valence-corrected chi connectivity index (χ2v) is 7.57. The lowest BCUT2D eigenvalue weighted by Gasteiger charge is -2.35. The summed E-state index contributed by atoms with van der Waals surface area (Å²) in [6.45, 7) is 4.50. The maximum absolute atomic E-state index is 12.5. The van der Waals surface area contributed by atoms with Gasteiger partial charge in [-0.1, -0.05) is 0 Å². The van der Waals surface area contributed by atoms with Crippen molar-refractivity contribution in [1.82, 2.24) is 24.7 Å². The summed E-state index contributed by atoms with van der Waals surface area (Å²) in [4.78, 5) is 20.4. The zero-order chi connectivity index (χ0) is 18.4. The summed E-state index contributed by atoms with van der Waals surface area (Å²) in [7, 11) is -1.42. The Morgan fingerprint density at radius 3 is 2.72 bits per heavy atom. The minimum absolute atomic E-state index is 0.0286. The molecular weight excluding hydrogens is 346 g/mol. The number of aromatic nitrogens is 2. The van der Waals surface area contributed by atoms with Crippen LogP contribution in [0.3, 0.4) is 0 Å². The molecule has 1 fully saturated rings. The largest absolute Gasteiger partial charge is 0.357 e. The highest BCUT2D eigenvalue weighted by atomic mass is 32.2. The third kappa shape index (κ3) is 5.71. The third-order valence-corrected chi connectivity index (χ3v) is 4.32. The van der Waals surface area contributed by atoms with Crippen LogP contribution in [0.4, 0.5) is 5.69 Å². The number of carbonyl (C=O) groups is 1. The Morgan fingerprint density at radius 1 is 1.40 bits per heavy atom. The molecule has 0 aromatic carbocycles. The number of aryl methyl sites for hydroxylation is 1. The van der Waals surface area contributed by atoms with Gasteiger partial charge in [0.2, 0.25) is 15.9 Å². The van der Waals surface area contributed by atoms with Gasteiger partial charge in [-0.3, -0.25) is 14.5 Å². The minimum atomic E-state index is -3.23. The van der Waals surface area contributed by atoms with E-state index in [-0.39, 0.29) is 19.0 Å². The summed E-state index contributed by atoms with van der Waals surface area (Å²) >= 11 is 0. The Labute approximate surface area is 147 Å². The normalized spacial score (nSPS) is 16.4. The number of sulfonamides is 1. The molecule has 1 amide bonds. The van der Waals surface area contributed by atoms with Crippen LogP contribution in [-0.4, -0.2) is 80.5 Å². The summed E-state index contributed by atoms with van der Waals surface area (Å²) in [6, 6.07) is 0. The van der Waals surface area contributed by atoms with Gasteiger partial charge in [-0.15, -0.1) is 0 Å². The highest BCUT2D eigenvalue weighted by Crippen LogP contribution is 2.15. The smallest absolute Gasteiger partial charge is 0.246 e. The maximum atomic E-state index is 12.5. The van der Waals surface area contributed by atoms with E-state index in [1.807, 2.05) is 25.1 Å². The van der Waals surface area contributed by atoms with Crippen LogP contribution >= 0.6 is 0 Å². The molecule has 25 heavy (non-hydrogen) atoms. The van der Waals surface area contributed by atoms with E-state index in [0.29, 0.717) is 32.1 Å². The summed E-state index contributed by atoms with van der Waals surface area (Å²) in [6.07, 6.45) is 4.59. The molecule has 1 aromatic heterocycles. The molecule has 0 saturated carbocycles. The van der Waals surface area contributed by atoms with E-state index in [4.69, 9.17) is 0 Å². The van der Waals surface area contributed by atoms with Gasteiger partial charge < -0.3 is 15.1 Å². The van der Waals surface area contributed by atoms with Gasteiger partial charge in [0, 0.05) is 39.4 Å². The van der Waals surface area contributed by atoms with Crippen molar-refractivity contribution in [2.24, 2.45) is 12.0 Å². The molecule has 2 heterocycles. The van der Waals surface area contributed by atoms with Crippen LogP contribution in [0.25, 0.3) is 0 Å². The van der Waals surface area contributed by atoms with E-state index in [9.17, 15) is 13.2 Å². The highest BCUT2D eigenvalue weighted by Gasteiger charge is 2.27. The number of rotatable bonds is 6. The van der Waals surface area contributed by atoms with Gasteiger partial charge in [-0.2, -0.15) is 5.10 Å². The summed E-state index contributed by atoms with van der Waals surface area (Å²) in [5, 5.41) is 7.24. The molecule has 11 heteroatoms. The average molecular weight is 371 g/mol. The molecule has 1 saturated heterocycles. The summed E-state index contributed by atoms with van der Waals surface area (Å²) in [5.41, 5.74) is 0.784. The minimum Gasteiger partial charge on any atom is -0.357 e. The Kier molecular flexibility index (Phi) is 6.37. The van der Waals surface area contributed by atoms with E-state index < -0.39 is 10.0 Å². The van der Waals surface area contributed by atoms with Crippen molar-refractivity contribution in [3.8, 4) is 0 Å². The number of aliphatic imine (C=N–C) groups is 1. The molecule has 0 bridgehead atoms. The number of hydrogen-bond donors (Lipinski definition) is 2. The lowest BCUT2D eigenvalue weighted by molar-refractivity contribution is -0.120. The van der Waals surface area contributed by atoms with E-state index in [2.05, 4.69) is 20.1 Å². The van der Waals surface area contributed by atoms with E-state index in [1.54, 1.807) is 15.8 Å². The van der Waals surface area contributed by atoms with Gasteiger partial charge in [0.1, 0.15) is 6.54 Å². The van der Waals surface area contributed by atoms with Crippen LogP contribution in [0.1, 0.15) is 6.92 Å². The Balaban J connectivity index is 1.97. The first-order valence-corrected chi connectivity index (χ1v) is 9.96. The van der Waals surface area contributed by atoms with Crippen molar-refractivity contribution in [2.75, 3.05) is 50.4 Å². The molecule has 0 radical (unpaired) electrons. The Morgan fingerprint density at radius 2 is 2.16 bits per heavy atom. The fourth-order valence-electron chi connectivity index (χ4n) is 2.49. The standard InChI is InChI=1S/C14H25N7O3S/c1-4-15-14(16-5-6-18-25(3,23)24)20-7-8-21(13(22)11-20)12-9-17-19(2)10-12/h9-10,18H,4-8,11H2,1-3H3,(H,15,16). The van der Waals surface area contributed by atoms with Crippen molar-refractivity contribution >= 4 is 27.6 Å². The zero-order valence-corrected chi connectivity index (χ0v) is 15.6. The predicted molar refractivity (Wildman–Crippen MR) is 96.0 cm³/mol. The van der Waals surface area contributed by atoms with Gasteiger partial charge >= 0.3 is 0 Å². The van der Waals surface area contributed by atoms with Gasteiger partial charge in [0.15, 0.2) is 5.96 Å². The van der Waals surface area contributed by atoms with E-state index >= 15 is 0 Å². The monoisotopic (exact) mass is 371 g/mol. The lowest BCUT2D eigenvalue weighted by atomic mass is 10.3. The molecule has 10 nitrogen and oxygen atoms in total. The highest BCUT2D eigenvalue weighted by molar-refractivity contribution is 7.88. The van der Waals surface area contributed by atoms with Crippen LogP contribution in [0.2, 0.25) is 0 Å². The first-order valence-electron chi connectivity index (χ1n) is 8.07. The quantitative estimate of drug-likeness (QED) is 0.361. The second-order valence-electron chi connectivity index (χ2n) is 5.74. The Bertz CT molecular complexity index is 729. The number of guanidine groups is 1. The number of carbonyl (C=O) groups excluding carboxylic acids is 1. The fourth-order valence-corrected chi connectivity index (χ4v) is 2.96. The SMILES string of the molecule is CCNC(=NCCNS(C)(=O)=O)N1CCN(c2cnn(C)c2)C(=O)C1. The molecule has 0 atom stereocenters. The van der Waals surface area contributed by atoms with E-state index in [1.165, 1.54) is 0 Å². The van der Waals surface area contributed by atoms with Crippen LogP contribution in [-0.2, 0) is 21.9 Å². The molecule has 2 N–H and O–H groups in total. The van der Waals surface area contributed by atoms with Crippen molar-refractivity contribution in [1.29, 1.82) is 0 Å². The summed E-state index contributed by atoms with van der Waals surface area (Å²) < 4.78 is 26.2. The molecule has 0 unspecified atom stereocenters. The van der Waals surface area contributed by atoms with Gasteiger partial charge in [-0.05, 0) is 6.92 Å². The van der Waals surface area contributed by atoms with Crippen LogP contribution in [0.15, 0.2) is 17.4 Å². The first-order chi connectivity index (χ1) is 11.8. The number of hydrogen-bond acceptors (Lipinski definition) is 5. The van der Waals surface area contributed by atoms with Crippen molar-refractivity contribution in [3.63, 3.8) is 0 Å². The fraction of sp³-hybridized carbons (Fsp3) is 0.643. The van der Waals surface area contributed by atoms with Gasteiger partial charge in [0.25, 0.3) is 0 Å². The van der Waals surface area contributed by atoms with Crippen LogP contribution in [0.5, 0.6) is 0 Å². The predicted octanol–water partition coefficient (Wildman–Crippen LogP) is -1.42. The van der Waals surface area contributed by atoms with Crippen molar-refractivity contribution in [3.05, 3.63) is 12.4 Å². The molecule has 140 valence electrons. The van der Waals surface area contributed by atoms with Crippen LogP contribution < -0.4 is 14.9 Å². The maximum Gasteiger partial charge on any atom is 0.246 e. The first kappa shape index (κ1) is 19.2. The van der Waals surface area contributed by atoms with E-state index in [0.717, 1.165) is 11.9 Å². The molecular formula is C14H25N7O3S. The lowest BCUT2D eigenvalue weighted by Crippen LogP contribution is -2.55. The van der Waals surface area contributed by atoms with Crippen LogP contribution in [0, 0.1) is 0 Å². The topological polar surface area (TPSA) is 112 Å². The zero-order valence-electron chi connectivity index (χ0n) is 14.8. The molecule has 1 aliphatic rings. The number of nitrogens with zero attached hydrogens (tertiary/aromatic N) is 5. The van der Waals surface area contributed by atoms with Crippen molar-refractivity contribution in [2.45, 2.75) is 6.92 Å². The molecule has 0 spiro atoms. The third-order valence-electron chi connectivity index (χ3n) is 3.60. The average Bonchev–Trinajstić information content (AvgIpc) is 2.95. The van der Waals surface area contributed by atoms with Gasteiger partial charge in [0.05, 0.1) is 24.7 Å². The summed E-state index contributed by atoms with van der Waals surface area (Å²) in [5.74, 6) is 0.580. The second kappa shape index (κ2) is 8.30. The number of piperazine rings is 1. The van der Waals surface area contributed by atoms with Gasteiger partial charge in [-0.25, -0.2) is 13.1 Å².